The van der Waals surface area contributed by atoms with Gasteiger partial charge in [0.2, 0.25) is 10.4 Å². The van der Waals surface area contributed by atoms with Crippen LogP contribution in [0.5, 0.6) is 0 Å². The van der Waals surface area contributed by atoms with Crippen molar-refractivity contribution < 1.29 is 31.2 Å². The Labute approximate surface area is 272 Å². The molecule has 0 N–H and O–H groups in total. The molecule has 44 heavy (non-hydrogen) atoms. The molecule has 1 atom stereocenters. The summed E-state index contributed by atoms with van der Waals surface area (Å²) in [6, 6.07) is 0. The number of rotatable bonds is 29. The molecule has 0 saturated heterocycles. The maximum Gasteiger partial charge on any atom is 0.305 e. The molecule has 0 fully saturated rings. The lowest BCUT2D eigenvalue weighted by molar-refractivity contribution is -0.815. The molecular weight excluding hydrogens is 576 g/mol. The van der Waals surface area contributed by atoms with Crippen LogP contribution in [-0.2, 0) is 24.1 Å². The van der Waals surface area contributed by atoms with Crippen molar-refractivity contribution in [3.63, 3.8) is 0 Å². The SMILES string of the molecule is CCCCCCCCCCCCCCCCCC(=O)OCC[N+]1(C)CCN=C1CCCCCCCCCC.COS(=O)(=O)[O-]. The van der Waals surface area contributed by atoms with Gasteiger partial charge >= 0.3 is 5.97 Å². The van der Waals surface area contributed by atoms with Crippen molar-refractivity contribution in [2.45, 2.75) is 174 Å². The average Bonchev–Trinajstić information content (AvgIpc) is 3.36. The number of hydrogen-bond donors (Lipinski definition) is 0. The minimum absolute atomic E-state index is 0.00736. The number of ether oxygens (including phenoxy) is 1. The summed E-state index contributed by atoms with van der Waals surface area (Å²) in [5.41, 5.74) is 0. The Hall–Kier alpha value is -1.03. The van der Waals surface area contributed by atoms with Crippen molar-refractivity contribution in [2.24, 2.45) is 4.99 Å². The second-order valence-corrected chi connectivity index (χ2v) is 14.0. The van der Waals surface area contributed by atoms with Gasteiger partial charge in [0.05, 0.1) is 20.7 Å². The number of esters is 1. The lowest BCUT2D eigenvalue weighted by Crippen LogP contribution is -2.49. The first-order chi connectivity index (χ1) is 21.2. The van der Waals surface area contributed by atoms with E-state index in [0.29, 0.717) is 13.0 Å². The highest BCUT2D eigenvalue weighted by atomic mass is 32.3. The molecule has 0 radical (unpaired) electrons. The molecule has 0 aromatic rings. The van der Waals surface area contributed by atoms with Gasteiger partial charge in [-0.15, -0.1) is 0 Å². The third-order valence-corrected chi connectivity index (χ3v) is 9.21. The highest BCUT2D eigenvalue weighted by Crippen LogP contribution is 2.19. The van der Waals surface area contributed by atoms with E-state index in [2.05, 4.69) is 25.1 Å². The minimum Gasteiger partial charge on any atom is -0.726 e. The number of amidine groups is 1. The third-order valence-electron chi connectivity index (χ3n) is 8.80. The molecule has 0 amide bonds. The normalized spacial score (nSPS) is 16.4. The number of carbonyl (C=O) groups excluding carboxylic acids is 1. The number of carbonyl (C=O) groups is 1. The number of aliphatic imine (C=N–C) groups is 1. The summed E-state index contributed by atoms with van der Waals surface area (Å²) in [5.74, 6) is 1.32. The Morgan fingerprint density at radius 3 is 1.52 bits per heavy atom. The predicted octanol–water partition coefficient (Wildman–Crippen LogP) is 9.27. The summed E-state index contributed by atoms with van der Waals surface area (Å²) >= 11 is 0. The van der Waals surface area contributed by atoms with E-state index in [4.69, 9.17) is 9.73 Å². The van der Waals surface area contributed by atoms with E-state index < -0.39 is 10.4 Å². The van der Waals surface area contributed by atoms with Crippen molar-refractivity contribution in [3.8, 4) is 0 Å². The van der Waals surface area contributed by atoms with Crippen molar-refractivity contribution in [2.75, 3.05) is 40.4 Å². The fourth-order valence-electron chi connectivity index (χ4n) is 5.78. The Kier molecular flexibility index (Phi) is 28.7. The van der Waals surface area contributed by atoms with E-state index in [1.807, 2.05) is 0 Å². The monoisotopic (exact) mass is 646 g/mol. The molecule has 0 bridgehead atoms. The van der Waals surface area contributed by atoms with Gasteiger partial charge < -0.3 is 9.29 Å². The largest absolute Gasteiger partial charge is 0.726 e. The van der Waals surface area contributed by atoms with Crippen LogP contribution in [0, 0.1) is 0 Å². The summed E-state index contributed by atoms with van der Waals surface area (Å²) in [7, 11) is -1.33. The molecule has 1 rings (SSSR count). The molecule has 0 aromatic heterocycles. The smallest absolute Gasteiger partial charge is 0.305 e. The Balaban J connectivity index is 0.00000278. The van der Waals surface area contributed by atoms with Gasteiger partial charge in [0.25, 0.3) is 0 Å². The van der Waals surface area contributed by atoms with Gasteiger partial charge in [0.1, 0.15) is 19.7 Å². The van der Waals surface area contributed by atoms with E-state index in [1.165, 1.54) is 141 Å². The highest BCUT2D eigenvalue weighted by Gasteiger charge is 2.33. The number of unbranched alkanes of at least 4 members (excludes halogenated alkanes) is 21. The summed E-state index contributed by atoms with van der Waals surface area (Å²) in [6.07, 6.45) is 32.8. The standard InChI is InChI=1S/C34H67N2O2.CH4O4S/c1-4-6-8-10-12-14-15-16-17-18-19-20-22-24-26-28-34(37)38-32-31-36(3)30-29-35-33(36)27-25-23-21-13-11-9-7-5-2;1-5-6(2,3)4/h4-32H2,1-3H3;1H3,(H,2,3,4)/q+1;/p-1. The van der Waals surface area contributed by atoms with Crippen LogP contribution < -0.4 is 0 Å². The molecule has 1 unspecified atom stereocenters. The van der Waals surface area contributed by atoms with Gasteiger partial charge in [0, 0.05) is 12.8 Å². The molecule has 0 aromatic carbocycles. The zero-order chi connectivity index (χ0) is 32.8. The van der Waals surface area contributed by atoms with E-state index in [0.717, 1.165) is 50.5 Å². The Morgan fingerprint density at radius 1 is 0.727 bits per heavy atom. The second-order valence-electron chi connectivity index (χ2n) is 12.9. The average molecular weight is 647 g/mol. The van der Waals surface area contributed by atoms with Crippen LogP contribution in [0.25, 0.3) is 0 Å². The molecule has 8 nitrogen and oxygen atoms in total. The van der Waals surface area contributed by atoms with Crippen LogP contribution in [0.1, 0.15) is 174 Å². The topological polar surface area (TPSA) is 105 Å². The molecule has 0 aliphatic carbocycles. The number of likely N-dealkylation sites (N-methyl/N-ethyl adjacent to an activating group) is 1. The highest BCUT2D eigenvalue weighted by molar-refractivity contribution is 7.80. The van der Waals surface area contributed by atoms with Gasteiger partial charge in [-0.25, -0.2) is 13.4 Å². The van der Waals surface area contributed by atoms with Gasteiger partial charge in [-0.05, 0) is 12.8 Å². The molecule has 9 heteroatoms. The van der Waals surface area contributed by atoms with Gasteiger partial charge in [-0.3, -0.25) is 13.5 Å². The lowest BCUT2D eigenvalue weighted by Gasteiger charge is -2.30. The molecule has 0 saturated carbocycles. The van der Waals surface area contributed by atoms with E-state index in [1.54, 1.807) is 0 Å². The second kappa shape index (κ2) is 29.4. The zero-order valence-electron chi connectivity index (χ0n) is 29.3. The van der Waals surface area contributed by atoms with Crippen molar-refractivity contribution in [3.05, 3.63) is 0 Å². The zero-order valence-corrected chi connectivity index (χ0v) is 30.1. The molecule has 1 aliphatic heterocycles. The van der Waals surface area contributed by atoms with E-state index in [9.17, 15) is 17.8 Å². The van der Waals surface area contributed by atoms with Gasteiger partial charge in [-0.1, -0.05) is 149 Å². The first kappa shape index (κ1) is 43.0. The van der Waals surface area contributed by atoms with Crippen LogP contribution in [0.15, 0.2) is 4.99 Å². The third kappa shape index (κ3) is 27.3. The van der Waals surface area contributed by atoms with E-state index >= 15 is 0 Å². The minimum atomic E-state index is -4.41. The maximum absolute atomic E-state index is 12.2. The van der Waals surface area contributed by atoms with Gasteiger partial charge in [-0.2, -0.15) is 0 Å². The van der Waals surface area contributed by atoms with Crippen molar-refractivity contribution in [1.29, 1.82) is 0 Å². The van der Waals surface area contributed by atoms with Crippen LogP contribution in [0.4, 0.5) is 0 Å². The first-order valence-corrected chi connectivity index (χ1v) is 19.6. The summed E-state index contributed by atoms with van der Waals surface area (Å²) in [5, 5.41) is 0. The summed E-state index contributed by atoms with van der Waals surface area (Å²) < 4.78 is 37.5. The van der Waals surface area contributed by atoms with E-state index in [-0.39, 0.29) is 5.97 Å². The van der Waals surface area contributed by atoms with Crippen LogP contribution in [0.3, 0.4) is 0 Å². The number of hydrogen-bond acceptors (Lipinski definition) is 7. The Morgan fingerprint density at radius 2 is 1.11 bits per heavy atom. The Bertz CT molecular complexity index is 805. The maximum atomic E-state index is 12.2. The summed E-state index contributed by atoms with van der Waals surface area (Å²) in [6.45, 7) is 7.96. The molecule has 0 spiro atoms. The van der Waals surface area contributed by atoms with Crippen LogP contribution in [0.2, 0.25) is 0 Å². The van der Waals surface area contributed by atoms with Crippen LogP contribution in [-0.4, -0.2) is 69.7 Å². The first-order valence-electron chi connectivity index (χ1n) is 18.2. The predicted molar refractivity (Wildman–Crippen MR) is 183 cm³/mol. The fourth-order valence-corrected chi connectivity index (χ4v) is 5.78. The molecule has 1 aliphatic rings. The van der Waals surface area contributed by atoms with Crippen LogP contribution >= 0.6 is 0 Å². The van der Waals surface area contributed by atoms with Crippen molar-refractivity contribution >= 4 is 22.2 Å². The number of quaternary nitrogens is 1. The number of nitrogens with zero attached hydrogens (tertiary/aromatic N) is 2. The summed E-state index contributed by atoms with van der Waals surface area (Å²) in [4.78, 5) is 17.0. The van der Waals surface area contributed by atoms with Crippen molar-refractivity contribution in [1.82, 2.24) is 0 Å². The lowest BCUT2D eigenvalue weighted by atomic mass is 10.0. The molecular formula is C35H70N2O6S. The molecule has 1 heterocycles. The van der Waals surface area contributed by atoms with Gasteiger partial charge in [0.15, 0.2) is 5.84 Å². The molecule has 262 valence electrons. The quantitative estimate of drug-likeness (QED) is 0.0264. The fraction of sp³-hybridized carbons (Fsp3) is 0.943.